The zero-order valence-corrected chi connectivity index (χ0v) is 18.8. The van der Waals surface area contributed by atoms with Gasteiger partial charge in [-0.3, -0.25) is 0 Å². The van der Waals surface area contributed by atoms with Crippen molar-refractivity contribution in [2.45, 2.75) is 20.8 Å². The fourth-order valence-corrected chi connectivity index (χ4v) is 9.35. The van der Waals surface area contributed by atoms with E-state index in [0.29, 0.717) is 0 Å². The van der Waals surface area contributed by atoms with Crippen molar-refractivity contribution in [1.29, 1.82) is 0 Å². The van der Waals surface area contributed by atoms with Gasteiger partial charge in [-0.2, -0.15) is 43.2 Å². The van der Waals surface area contributed by atoms with Crippen molar-refractivity contribution in [2.75, 3.05) is 0 Å². The van der Waals surface area contributed by atoms with Gasteiger partial charge in [-0.25, -0.2) is 8.42 Å². The number of benzene rings is 2. The second kappa shape index (κ2) is 8.85. The van der Waals surface area contributed by atoms with E-state index in [-0.39, 0.29) is 0 Å². The van der Waals surface area contributed by atoms with E-state index in [1.165, 1.54) is 16.3 Å². The van der Waals surface area contributed by atoms with Gasteiger partial charge < -0.3 is 0 Å². The highest BCUT2D eigenvalue weighted by Gasteiger charge is 2.49. The van der Waals surface area contributed by atoms with E-state index in [1.54, 1.807) is 0 Å². The molecule has 33 heavy (non-hydrogen) atoms. The number of alkyl halides is 6. The van der Waals surface area contributed by atoms with Crippen LogP contribution in [-0.4, -0.2) is 36.3 Å². The largest absolute Gasteiger partial charge is 0.519 e. The van der Waals surface area contributed by atoms with Crippen LogP contribution in [0, 0.1) is 0 Å². The molecule has 0 aliphatic carbocycles. The number of hydrogen-bond donors (Lipinski definition) is 1. The summed E-state index contributed by atoms with van der Waals surface area (Å²) in [5.74, 6) is 0. The van der Waals surface area contributed by atoms with Gasteiger partial charge in [0.25, 0.3) is 0 Å². The molecule has 9 nitrogen and oxygen atoms in total. The van der Waals surface area contributed by atoms with Crippen molar-refractivity contribution in [3.8, 4) is 0 Å². The maximum atomic E-state index is 13.3. The third-order valence-corrected chi connectivity index (χ3v) is 11.4. The summed E-state index contributed by atoms with van der Waals surface area (Å²) in [7, 11) is -23.7. The normalized spacial score (nSPS) is 16.9. The van der Waals surface area contributed by atoms with Crippen LogP contribution in [0.2, 0.25) is 0 Å². The standard InChI is InChI=1S/C14H11F6N3O6S4/c15-13(16,17)32(26,27)22-30(24,11-7-3-1-4-8-11)21-31(25,12-9-5-2-6-10-12)23-33(28,29)14(18,19)20/h1-10H,(H,21,22,23,24,25). The summed E-state index contributed by atoms with van der Waals surface area (Å²) in [5, 5.41) is 0. The fraction of sp³-hybridized carbons (Fsp3) is 0.143. The number of halogens is 6. The molecule has 0 aliphatic rings. The van der Waals surface area contributed by atoms with Crippen molar-refractivity contribution < 1.29 is 51.6 Å². The van der Waals surface area contributed by atoms with Crippen molar-refractivity contribution in [2.24, 2.45) is 7.54 Å². The summed E-state index contributed by atoms with van der Waals surface area (Å²) in [6.45, 7) is 0. The second-order valence-electron chi connectivity index (χ2n) is 5.75. The monoisotopic (exact) mass is 559 g/mol. The first-order valence-corrected chi connectivity index (χ1v) is 13.8. The Labute approximate surface area is 184 Å². The van der Waals surface area contributed by atoms with E-state index in [1.807, 2.05) is 0 Å². The average Bonchev–Trinajstić information content (AvgIpc) is 2.66. The van der Waals surface area contributed by atoms with Gasteiger partial charge >= 0.3 is 31.1 Å². The van der Waals surface area contributed by atoms with Crippen molar-refractivity contribution in [1.82, 2.24) is 4.13 Å². The topological polar surface area (TPSA) is 139 Å². The molecule has 2 atom stereocenters. The molecular formula is C14H11F6N3O6S4. The first kappa shape index (κ1) is 27.0. The molecule has 19 heteroatoms. The minimum atomic E-state index is -6.58. The molecule has 0 bridgehead atoms. The van der Waals surface area contributed by atoms with Crippen LogP contribution in [0.5, 0.6) is 0 Å². The molecule has 0 saturated carbocycles. The molecule has 0 aliphatic heterocycles. The molecule has 0 fully saturated rings. The Balaban J connectivity index is 2.98. The lowest BCUT2D eigenvalue weighted by Crippen LogP contribution is -2.34. The smallest absolute Gasteiger partial charge is 0.227 e. The minimum Gasteiger partial charge on any atom is -0.227 e. The van der Waals surface area contributed by atoms with Gasteiger partial charge in [0.1, 0.15) is 0 Å². The highest BCUT2D eigenvalue weighted by atomic mass is 32.3. The number of rotatable bonds is 6. The van der Waals surface area contributed by atoms with Crippen LogP contribution in [0.1, 0.15) is 0 Å². The average molecular weight is 560 g/mol. The third-order valence-electron chi connectivity index (χ3n) is 3.34. The van der Waals surface area contributed by atoms with Crippen molar-refractivity contribution >= 4 is 39.9 Å². The molecule has 0 spiro atoms. The summed E-state index contributed by atoms with van der Waals surface area (Å²) in [5.41, 5.74) is -12.2. The number of sulfonamides is 2. The Morgan fingerprint density at radius 3 is 1.06 bits per heavy atom. The van der Waals surface area contributed by atoms with Gasteiger partial charge in [-0.15, -0.1) is 4.13 Å². The Bertz CT molecular complexity index is 1360. The van der Waals surface area contributed by atoms with Gasteiger partial charge in [0.15, 0.2) is 19.8 Å². The number of nitrogens with one attached hydrogen (secondary N) is 1. The summed E-state index contributed by atoms with van der Waals surface area (Å²) in [4.78, 5) is -1.75. The molecule has 0 amide bonds. The Hall–Kier alpha value is -2.22. The Morgan fingerprint density at radius 1 is 0.545 bits per heavy atom. The summed E-state index contributed by atoms with van der Waals surface area (Å²) < 4.78 is 156. The molecule has 0 aromatic heterocycles. The molecule has 2 unspecified atom stereocenters. The SMILES string of the molecule is O=S(=O)(N=S(=O)(NS(=O)(=NS(=O)(=O)C(F)(F)F)c1ccccc1)c1ccccc1)C(F)(F)F. The van der Waals surface area contributed by atoms with E-state index in [0.717, 1.165) is 48.5 Å². The predicted octanol–water partition coefficient (Wildman–Crippen LogP) is 3.16. The first-order valence-electron chi connectivity index (χ1n) is 7.91. The lowest BCUT2D eigenvalue weighted by Gasteiger charge is -2.17. The van der Waals surface area contributed by atoms with Crippen LogP contribution in [0.15, 0.2) is 78.0 Å². The molecule has 184 valence electrons. The van der Waals surface area contributed by atoms with E-state index >= 15 is 0 Å². The van der Waals surface area contributed by atoms with Crippen LogP contribution in [0.4, 0.5) is 26.3 Å². The minimum absolute atomic E-state index is 0.758. The molecule has 1 N–H and O–H groups in total. The zero-order valence-electron chi connectivity index (χ0n) is 15.5. The highest BCUT2D eigenvalue weighted by molar-refractivity contribution is 8.12. The zero-order chi connectivity index (χ0) is 25.3. The summed E-state index contributed by atoms with van der Waals surface area (Å²) >= 11 is 0. The van der Waals surface area contributed by atoms with Gasteiger partial charge in [0.05, 0.1) is 9.79 Å². The summed E-state index contributed by atoms with van der Waals surface area (Å²) in [6, 6.07) is 9.69. The van der Waals surface area contributed by atoms with E-state index in [4.69, 9.17) is 0 Å². The second-order valence-corrected chi connectivity index (χ2v) is 13.5. The van der Waals surface area contributed by atoms with Crippen molar-refractivity contribution in [3.05, 3.63) is 60.7 Å². The number of nitrogens with zero attached hydrogens (tertiary/aromatic N) is 2. The van der Waals surface area contributed by atoms with Crippen LogP contribution >= 0.6 is 0 Å². The molecule has 0 saturated heterocycles. The molecule has 0 heterocycles. The van der Waals surface area contributed by atoms with Crippen LogP contribution in [-0.2, 0) is 39.9 Å². The predicted molar refractivity (Wildman–Crippen MR) is 104 cm³/mol. The van der Waals surface area contributed by atoms with Gasteiger partial charge in [-0.1, -0.05) is 43.9 Å². The van der Waals surface area contributed by atoms with Crippen LogP contribution < -0.4 is 4.13 Å². The van der Waals surface area contributed by atoms with Crippen LogP contribution in [0.25, 0.3) is 0 Å². The fourth-order valence-electron chi connectivity index (χ4n) is 1.94. The molecule has 2 aromatic carbocycles. The highest BCUT2D eigenvalue weighted by Crippen LogP contribution is 2.30. The molecule has 2 rings (SSSR count). The Kier molecular flexibility index (Phi) is 7.25. The first-order chi connectivity index (χ1) is 14.8. The van der Waals surface area contributed by atoms with E-state index in [2.05, 4.69) is 7.54 Å². The van der Waals surface area contributed by atoms with Crippen LogP contribution in [0.3, 0.4) is 0 Å². The lowest BCUT2D eigenvalue weighted by atomic mass is 10.4. The maximum Gasteiger partial charge on any atom is 0.519 e. The Morgan fingerprint density at radius 2 is 0.818 bits per heavy atom. The lowest BCUT2D eigenvalue weighted by molar-refractivity contribution is -0.0440. The number of hydrogen-bond acceptors (Lipinski definition) is 6. The third kappa shape index (κ3) is 6.02. The summed E-state index contributed by atoms with van der Waals surface area (Å²) in [6.07, 6.45) is 0. The van der Waals surface area contributed by atoms with E-state index in [9.17, 15) is 51.6 Å². The van der Waals surface area contributed by atoms with Gasteiger partial charge in [0.2, 0.25) is 0 Å². The van der Waals surface area contributed by atoms with Gasteiger partial charge in [-0.05, 0) is 24.3 Å². The quantitative estimate of drug-likeness (QED) is 0.540. The molecule has 0 radical (unpaired) electrons. The maximum absolute atomic E-state index is 13.3. The van der Waals surface area contributed by atoms with E-state index < -0.39 is 60.7 Å². The molecular weight excluding hydrogens is 548 g/mol. The van der Waals surface area contributed by atoms with Crippen molar-refractivity contribution in [3.63, 3.8) is 0 Å². The molecule has 2 aromatic rings. The van der Waals surface area contributed by atoms with Gasteiger partial charge in [0, 0.05) is 0 Å².